The molecule has 1 aliphatic heterocycles. The Balaban J connectivity index is 1.98. The van der Waals surface area contributed by atoms with Crippen molar-refractivity contribution in [2.45, 2.75) is 18.9 Å². The fourth-order valence-electron chi connectivity index (χ4n) is 1.80. The summed E-state index contributed by atoms with van der Waals surface area (Å²) in [6, 6.07) is 0.303. The van der Waals surface area contributed by atoms with Crippen molar-refractivity contribution in [1.82, 2.24) is 10.9 Å². The van der Waals surface area contributed by atoms with Gasteiger partial charge in [0.1, 0.15) is 0 Å². The number of esters is 1. The van der Waals surface area contributed by atoms with Crippen molar-refractivity contribution in [2.75, 3.05) is 13.7 Å². The Morgan fingerprint density at radius 1 is 1.50 bits per heavy atom. The van der Waals surface area contributed by atoms with Crippen molar-refractivity contribution >= 4 is 5.97 Å². The molecule has 2 unspecified atom stereocenters. The summed E-state index contributed by atoms with van der Waals surface area (Å²) in [4.78, 5) is 11.3. The molecule has 68 valence electrons. The standard InChI is InChI=1S/C8H14N2O2/c1-12-8(11)6-4-9-10-7(6)5-2-3-5/h5-7,9-10H,2-4H2,1H3. The first kappa shape index (κ1) is 8.01. The first-order valence-corrected chi connectivity index (χ1v) is 4.39. The van der Waals surface area contributed by atoms with Gasteiger partial charge < -0.3 is 4.74 Å². The van der Waals surface area contributed by atoms with E-state index in [-0.39, 0.29) is 11.9 Å². The van der Waals surface area contributed by atoms with Gasteiger partial charge in [0.25, 0.3) is 0 Å². The quantitative estimate of drug-likeness (QED) is 0.557. The second kappa shape index (κ2) is 3.03. The minimum absolute atomic E-state index is 0.0162. The molecule has 2 atom stereocenters. The molecule has 0 spiro atoms. The Kier molecular flexibility index (Phi) is 2.02. The van der Waals surface area contributed by atoms with Gasteiger partial charge in [-0.15, -0.1) is 0 Å². The van der Waals surface area contributed by atoms with E-state index in [1.165, 1.54) is 20.0 Å². The number of nitrogens with one attached hydrogen (secondary N) is 2. The highest BCUT2D eigenvalue weighted by atomic mass is 16.5. The molecule has 2 fully saturated rings. The molecule has 0 aromatic carbocycles. The van der Waals surface area contributed by atoms with Gasteiger partial charge in [-0.1, -0.05) is 0 Å². The molecule has 0 radical (unpaired) electrons. The summed E-state index contributed by atoms with van der Waals surface area (Å²) >= 11 is 0. The molecular weight excluding hydrogens is 156 g/mol. The fraction of sp³-hybridized carbons (Fsp3) is 0.875. The summed E-state index contributed by atoms with van der Waals surface area (Å²) in [5.74, 6) is 0.607. The van der Waals surface area contributed by atoms with Gasteiger partial charge in [0.15, 0.2) is 0 Å². The number of rotatable bonds is 2. The Bertz CT molecular complexity index is 191. The first-order valence-electron chi connectivity index (χ1n) is 4.39. The first-order chi connectivity index (χ1) is 5.83. The topological polar surface area (TPSA) is 50.4 Å². The number of carbonyl (C=O) groups is 1. The highest BCUT2D eigenvalue weighted by Crippen LogP contribution is 2.36. The number of hydrazine groups is 1. The van der Waals surface area contributed by atoms with Crippen LogP contribution in [0.15, 0.2) is 0 Å². The van der Waals surface area contributed by atoms with Crippen LogP contribution in [-0.2, 0) is 9.53 Å². The molecule has 2 rings (SSSR count). The molecule has 12 heavy (non-hydrogen) atoms. The molecule has 2 N–H and O–H groups in total. The van der Waals surface area contributed by atoms with Gasteiger partial charge in [0.05, 0.1) is 13.0 Å². The normalized spacial score (nSPS) is 35.1. The van der Waals surface area contributed by atoms with Gasteiger partial charge in [-0.3, -0.25) is 15.6 Å². The number of hydrogen-bond donors (Lipinski definition) is 2. The molecule has 4 heteroatoms. The van der Waals surface area contributed by atoms with E-state index in [9.17, 15) is 4.79 Å². The number of hydrogen-bond acceptors (Lipinski definition) is 4. The minimum Gasteiger partial charge on any atom is -0.469 e. The van der Waals surface area contributed by atoms with E-state index in [1.54, 1.807) is 0 Å². The van der Waals surface area contributed by atoms with E-state index in [4.69, 9.17) is 4.74 Å². The Morgan fingerprint density at radius 2 is 2.25 bits per heavy atom. The van der Waals surface area contributed by atoms with Crippen molar-refractivity contribution in [3.8, 4) is 0 Å². The highest BCUT2D eigenvalue weighted by molar-refractivity contribution is 5.74. The monoisotopic (exact) mass is 170 g/mol. The summed E-state index contributed by atoms with van der Waals surface area (Å²) < 4.78 is 4.72. The third-order valence-corrected chi connectivity index (χ3v) is 2.66. The number of methoxy groups -OCH3 is 1. The summed E-state index contributed by atoms with van der Waals surface area (Å²) in [7, 11) is 1.45. The van der Waals surface area contributed by atoms with Crippen LogP contribution in [0.5, 0.6) is 0 Å². The van der Waals surface area contributed by atoms with Crippen molar-refractivity contribution in [3.63, 3.8) is 0 Å². The maximum Gasteiger partial charge on any atom is 0.311 e. The average Bonchev–Trinajstić information content (AvgIpc) is 2.83. The van der Waals surface area contributed by atoms with Crippen LogP contribution in [0.3, 0.4) is 0 Å². The maximum atomic E-state index is 11.3. The molecule has 1 heterocycles. The summed E-state index contributed by atoms with van der Waals surface area (Å²) in [5, 5.41) is 0. The predicted octanol–water partition coefficient (Wildman–Crippen LogP) is -0.338. The van der Waals surface area contributed by atoms with E-state index in [0.717, 1.165) is 0 Å². The lowest BCUT2D eigenvalue weighted by atomic mass is 9.98. The van der Waals surface area contributed by atoms with Gasteiger partial charge >= 0.3 is 5.97 Å². The second-order valence-corrected chi connectivity index (χ2v) is 3.52. The molecule has 0 aromatic heterocycles. The zero-order valence-electron chi connectivity index (χ0n) is 7.17. The average molecular weight is 170 g/mol. The second-order valence-electron chi connectivity index (χ2n) is 3.52. The van der Waals surface area contributed by atoms with E-state index in [1.807, 2.05) is 0 Å². The maximum absolute atomic E-state index is 11.3. The Morgan fingerprint density at radius 3 is 2.83 bits per heavy atom. The zero-order valence-corrected chi connectivity index (χ0v) is 7.17. The summed E-state index contributed by atoms with van der Waals surface area (Å²) in [6.07, 6.45) is 2.49. The Labute approximate surface area is 71.6 Å². The van der Waals surface area contributed by atoms with Crippen LogP contribution in [0.1, 0.15) is 12.8 Å². The summed E-state index contributed by atoms with van der Waals surface area (Å²) in [6.45, 7) is 0.702. The van der Waals surface area contributed by atoms with E-state index >= 15 is 0 Å². The fourth-order valence-corrected chi connectivity index (χ4v) is 1.80. The molecule has 4 nitrogen and oxygen atoms in total. The van der Waals surface area contributed by atoms with Crippen molar-refractivity contribution in [3.05, 3.63) is 0 Å². The van der Waals surface area contributed by atoms with Crippen LogP contribution in [0, 0.1) is 11.8 Å². The largest absolute Gasteiger partial charge is 0.469 e. The minimum atomic E-state index is -0.0931. The van der Waals surface area contributed by atoms with Gasteiger partial charge in [0, 0.05) is 12.6 Å². The zero-order chi connectivity index (χ0) is 8.55. The molecule has 0 amide bonds. The van der Waals surface area contributed by atoms with Gasteiger partial charge in [-0.25, -0.2) is 0 Å². The third-order valence-electron chi connectivity index (χ3n) is 2.66. The van der Waals surface area contributed by atoms with E-state index in [0.29, 0.717) is 18.5 Å². The van der Waals surface area contributed by atoms with Crippen LogP contribution < -0.4 is 10.9 Å². The van der Waals surface area contributed by atoms with Crippen molar-refractivity contribution in [1.29, 1.82) is 0 Å². The predicted molar refractivity (Wildman–Crippen MR) is 43.2 cm³/mol. The van der Waals surface area contributed by atoms with Crippen LogP contribution in [-0.4, -0.2) is 25.7 Å². The van der Waals surface area contributed by atoms with Crippen LogP contribution in [0.25, 0.3) is 0 Å². The lowest BCUT2D eigenvalue weighted by Gasteiger charge is -2.14. The smallest absolute Gasteiger partial charge is 0.311 e. The molecule has 0 aromatic rings. The van der Waals surface area contributed by atoms with E-state index < -0.39 is 0 Å². The molecule has 1 saturated heterocycles. The van der Waals surface area contributed by atoms with Crippen LogP contribution in [0.2, 0.25) is 0 Å². The van der Waals surface area contributed by atoms with E-state index in [2.05, 4.69) is 10.9 Å². The lowest BCUT2D eigenvalue weighted by Crippen LogP contribution is -2.36. The molecular formula is C8H14N2O2. The summed E-state index contributed by atoms with van der Waals surface area (Å²) in [5.41, 5.74) is 6.14. The SMILES string of the molecule is COC(=O)C1CNNC1C1CC1. The number of ether oxygens (including phenoxy) is 1. The third kappa shape index (κ3) is 1.32. The Hall–Kier alpha value is -0.610. The molecule has 2 aliphatic rings. The van der Waals surface area contributed by atoms with Crippen LogP contribution >= 0.6 is 0 Å². The lowest BCUT2D eigenvalue weighted by molar-refractivity contribution is -0.145. The molecule has 1 aliphatic carbocycles. The molecule has 1 saturated carbocycles. The van der Waals surface area contributed by atoms with Crippen molar-refractivity contribution in [2.24, 2.45) is 11.8 Å². The molecule has 0 bridgehead atoms. The van der Waals surface area contributed by atoms with Gasteiger partial charge in [-0.05, 0) is 18.8 Å². The highest BCUT2D eigenvalue weighted by Gasteiger charge is 2.43. The van der Waals surface area contributed by atoms with Crippen molar-refractivity contribution < 1.29 is 9.53 Å². The van der Waals surface area contributed by atoms with Gasteiger partial charge in [0.2, 0.25) is 0 Å². The van der Waals surface area contributed by atoms with Gasteiger partial charge in [-0.2, -0.15) is 0 Å². The number of carbonyl (C=O) groups excluding carboxylic acids is 1. The van der Waals surface area contributed by atoms with Crippen LogP contribution in [0.4, 0.5) is 0 Å².